The fraction of sp³-hybridized carbons (Fsp3) is 0.333. The summed E-state index contributed by atoms with van der Waals surface area (Å²) in [6.45, 7) is 0.157. The van der Waals surface area contributed by atoms with Crippen molar-refractivity contribution < 1.29 is 35.5 Å². The number of nitrogens with zero attached hydrogens (tertiary/aromatic N) is 5. The molecule has 0 radical (unpaired) electrons. The molecule has 2 aromatic heterocycles. The number of aromatic nitrogens is 3. The quantitative estimate of drug-likeness (QED) is 0.513. The summed E-state index contributed by atoms with van der Waals surface area (Å²) in [5, 5.41) is 6.39. The minimum atomic E-state index is -4.76. The van der Waals surface area contributed by atoms with Crippen LogP contribution >= 0.6 is 0 Å². The number of hydrogen-bond acceptors (Lipinski definition) is 8. The number of hydrogen-bond donors (Lipinski definition) is 0. The summed E-state index contributed by atoms with van der Waals surface area (Å²) in [4.78, 5) is 20.4. The van der Waals surface area contributed by atoms with Crippen LogP contribution in [0.25, 0.3) is 11.5 Å². The Balaban J connectivity index is 1.56. The van der Waals surface area contributed by atoms with Gasteiger partial charge in [0.2, 0.25) is 5.89 Å². The number of carbonyl (C=O) groups is 1. The van der Waals surface area contributed by atoms with Crippen LogP contribution in [0.2, 0.25) is 0 Å². The maximum Gasteiger partial charge on any atom is 0.470 e. The minimum absolute atomic E-state index is 0.0202. The highest BCUT2D eigenvalue weighted by Crippen LogP contribution is 2.30. The van der Waals surface area contributed by atoms with Crippen LogP contribution in [0.3, 0.4) is 0 Å². The van der Waals surface area contributed by atoms with Gasteiger partial charge in [-0.05, 0) is 36.4 Å². The molecule has 0 saturated carbocycles. The average molecular weight is 511 g/mol. The van der Waals surface area contributed by atoms with Crippen molar-refractivity contribution in [2.75, 3.05) is 36.6 Å². The highest BCUT2D eigenvalue weighted by Gasteiger charge is 2.38. The molecule has 0 atom stereocenters. The topological polar surface area (TPSA) is 119 Å². The third-order valence-electron chi connectivity index (χ3n) is 5.29. The van der Waals surface area contributed by atoms with E-state index in [0.29, 0.717) is 17.1 Å². The van der Waals surface area contributed by atoms with E-state index in [1.807, 2.05) is 0 Å². The molecule has 1 fully saturated rings. The van der Waals surface area contributed by atoms with Crippen molar-refractivity contribution in [2.24, 2.45) is 0 Å². The fourth-order valence-corrected chi connectivity index (χ4v) is 4.57. The van der Waals surface area contributed by atoms with Gasteiger partial charge in [0.05, 0.1) is 36.4 Å². The average Bonchev–Trinajstić information content (AvgIpc) is 3.34. The van der Waals surface area contributed by atoms with Crippen molar-refractivity contribution in [1.29, 1.82) is 0 Å². The van der Waals surface area contributed by atoms with Crippen LogP contribution in [-0.2, 0) is 22.6 Å². The molecule has 0 N–H and O–H groups in total. The molecule has 35 heavy (non-hydrogen) atoms. The van der Waals surface area contributed by atoms with Crippen molar-refractivity contribution in [3.8, 4) is 17.2 Å². The van der Waals surface area contributed by atoms with Crippen LogP contribution in [0.4, 0.5) is 23.7 Å². The highest BCUT2D eigenvalue weighted by molar-refractivity contribution is 7.91. The Morgan fingerprint density at radius 2 is 1.80 bits per heavy atom. The van der Waals surface area contributed by atoms with E-state index in [1.165, 1.54) is 35.2 Å². The Hall–Kier alpha value is -3.68. The first-order valence-corrected chi connectivity index (χ1v) is 12.1. The zero-order valence-electron chi connectivity index (χ0n) is 18.4. The summed E-state index contributed by atoms with van der Waals surface area (Å²) >= 11 is 0. The van der Waals surface area contributed by atoms with E-state index in [0.717, 1.165) is 0 Å². The maximum atomic E-state index is 13.3. The molecule has 1 aromatic carbocycles. The van der Waals surface area contributed by atoms with Crippen molar-refractivity contribution in [3.63, 3.8) is 0 Å². The zero-order valence-corrected chi connectivity index (χ0v) is 19.2. The predicted molar refractivity (Wildman–Crippen MR) is 117 cm³/mol. The van der Waals surface area contributed by atoms with Crippen molar-refractivity contribution in [1.82, 2.24) is 20.1 Å². The summed E-state index contributed by atoms with van der Waals surface area (Å²) in [5.41, 5.74) is 1.14. The van der Waals surface area contributed by atoms with E-state index in [1.54, 1.807) is 24.3 Å². The van der Waals surface area contributed by atoms with Crippen LogP contribution in [0.5, 0.6) is 5.75 Å². The van der Waals surface area contributed by atoms with Gasteiger partial charge in [-0.1, -0.05) is 0 Å². The number of rotatable bonds is 5. The number of carbonyl (C=O) groups excluding carboxylic acids is 1. The summed E-state index contributed by atoms with van der Waals surface area (Å²) in [6.07, 6.45) is -3.49. The molecule has 14 heteroatoms. The number of alkyl halides is 3. The number of anilines is 1. The zero-order chi connectivity index (χ0) is 25.2. The molecule has 3 heterocycles. The first-order valence-electron chi connectivity index (χ1n) is 10.3. The van der Waals surface area contributed by atoms with Crippen LogP contribution in [0.1, 0.15) is 11.6 Å². The third kappa shape index (κ3) is 5.70. The highest BCUT2D eigenvalue weighted by atomic mass is 32.2. The van der Waals surface area contributed by atoms with Gasteiger partial charge in [-0.3, -0.25) is 9.88 Å². The smallest absolute Gasteiger partial charge is 0.470 e. The van der Waals surface area contributed by atoms with Crippen molar-refractivity contribution in [3.05, 3.63) is 54.2 Å². The number of sulfone groups is 1. The van der Waals surface area contributed by atoms with Gasteiger partial charge < -0.3 is 14.1 Å². The first-order chi connectivity index (χ1) is 16.6. The van der Waals surface area contributed by atoms with Crippen LogP contribution in [0, 0.1) is 0 Å². The van der Waals surface area contributed by atoms with Crippen molar-refractivity contribution in [2.45, 2.75) is 12.7 Å². The van der Waals surface area contributed by atoms with E-state index in [2.05, 4.69) is 19.6 Å². The number of ether oxygens (including phenoxy) is 1. The van der Waals surface area contributed by atoms with E-state index in [-0.39, 0.29) is 42.6 Å². The SMILES string of the molecule is COc1ccc(N(Cc2ccc(-c3nnc(C(F)(F)F)o3)cn2)C(=O)N2CCS(=O)(=O)CC2)cc1. The molecular weight excluding hydrogens is 491 g/mol. The summed E-state index contributed by atoms with van der Waals surface area (Å²) in [5.74, 6) is -1.45. The van der Waals surface area contributed by atoms with Crippen LogP contribution < -0.4 is 9.64 Å². The predicted octanol–water partition coefficient (Wildman–Crippen LogP) is 3.02. The second kappa shape index (κ2) is 9.52. The molecule has 3 aromatic rings. The van der Waals surface area contributed by atoms with E-state index >= 15 is 0 Å². The first kappa shape index (κ1) is 24.4. The second-order valence-corrected chi connectivity index (χ2v) is 9.96. The molecule has 1 saturated heterocycles. The Labute approximate surface area is 198 Å². The molecule has 2 amide bonds. The molecule has 0 aliphatic carbocycles. The molecule has 4 rings (SSSR count). The van der Waals surface area contributed by atoms with Gasteiger partial charge in [0.15, 0.2) is 9.84 Å². The molecule has 1 aliphatic heterocycles. The fourth-order valence-electron chi connectivity index (χ4n) is 3.37. The van der Waals surface area contributed by atoms with Gasteiger partial charge in [0, 0.05) is 25.0 Å². The molecular formula is C21H20F3N5O5S. The van der Waals surface area contributed by atoms with Crippen LogP contribution in [0.15, 0.2) is 47.0 Å². The molecule has 10 nitrogen and oxygen atoms in total. The Bertz CT molecular complexity index is 1280. The Morgan fingerprint density at radius 1 is 1.11 bits per heavy atom. The van der Waals surface area contributed by atoms with Gasteiger partial charge in [-0.15, -0.1) is 10.2 Å². The van der Waals surface area contributed by atoms with E-state index < -0.39 is 27.9 Å². The summed E-state index contributed by atoms with van der Waals surface area (Å²) in [6, 6.07) is 9.31. The number of benzene rings is 1. The lowest BCUT2D eigenvalue weighted by molar-refractivity contribution is -0.156. The van der Waals surface area contributed by atoms with E-state index in [9.17, 15) is 26.4 Å². The van der Waals surface area contributed by atoms with Gasteiger partial charge in [-0.2, -0.15) is 13.2 Å². The van der Waals surface area contributed by atoms with Gasteiger partial charge in [-0.25, -0.2) is 13.2 Å². The van der Waals surface area contributed by atoms with Gasteiger partial charge >= 0.3 is 18.1 Å². The van der Waals surface area contributed by atoms with Crippen LogP contribution in [-0.4, -0.2) is 66.2 Å². The third-order valence-corrected chi connectivity index (χ3v) is 6.90. The lowest BCUT2D eigenvalue weighted by Gasteiger charge is -2.33. The van der Waals surface area contributed by atoms with Crippen molar-refractivity contribution >= 4 is 21.6 Å². The van der Waals surface area contributed by atoms with Gasteiger partial charge in [0.1, 0.15) is 5.75 Å². The molecule has 0 bridgehead atoms. The van der Waals surface area contributed by atoms with Gasteiger partial charge in [0.25, 0.3) is 0 Å². The molecule has 186 valence electrons. The Kier molecular flexibility index (Phi) is 6.65. The molecule has 0 spiro atoms. The lowest BCUT2D eigenvalue weighted by Crippen LogP contribution is -2.49. The number of amides is 2. The normalized spacial score (nSPS) is 15.6. The maximum absolute atomic E-state index is 13.3. The number of urea groups is 1. The second-order valence-electron chi connectivity index (χ2n) is 7.65. The lowest BCUT2D eigenvalue weighted by atomic mass is 10.2. The molecule has 0 unspecified atom stereocenters. The molecule has 1 aliphatic rings. The number of halogens is 3. The standard InChI is InChI=1S/C21H20F3N5O5S/c1-33-17-6-4-16(5-7-17)29(20(30)28-8-10-35(31,32)11-9-28)13-15-3-2-14(12-25-15)18-26-27-19(34-18)21(22,23)24/h2-7,12H,8-11,13H2,1H3. The number of pyridine rings is 1. The summed E-state index contributed by atoms with van der Waals surface area (Å²) < 4.78 is 71.5. The largest absolute Gasteiger partial charge is 0.497 e. The Morgan fingerprint density at radius 3 is 2.34 bits per heavy atom. The monoisotopic (exact) mass is 511 g/mol. The summed E-state index contributed by atoms with van der Waals surface area (Å²) in [7, 11) is -1.67. The van der Waals surface area contributed by atoms with E-state index in [4.69, 9.17) is 4.74 Å². The number of methoxy groups -OCH3 is 1. The minimum Gasteiger partial charge on any atom is -0.497 e.